The zero-order chi connectivity index (χ0) is 37.1. The van der Waals surface area contributed by atoms with Crippen molar-refractivity contribution in [3.63, 3.8) is 0 Å². The van der Waals surface area contributed by atoms with Gasteiger partial charge in [0.15, 0.2) is 5.82 Å². The number of carbonyl (C=O) groups excluding carboxylic acids is 2. The second-order valence-corrected chi connectivity index (χ2v) is 13.6. The van der Waals surface area contributed by atoms with Crippen LogP contribution in [-0.2, 0) is 11.3 Å². The number of aromatic hydroxyl groups is 1. The first-order valence-electron chi connectivity index (χ1n) is 17.7. The van der Waals surface area contributed by atoms with Gasteiger partial charge in [0.25, 0.3) is 5.91 Å². The zero-order valence-electron chi connectivity index (χ0n) is 29.8. The molecule has 270 valence electrons. The number of amides is 2. The highest BCUT2D eigenvalue weighted by atomic mass is 19.1. The summed E-state index contributed by atoms with van der Waals surface area (Å²) in [6, 6.07) is 23.3. The second-order valence-electron chi connectivity index (χ2n) is 13.6. The van der Waals surface area contributed by atoms with Crippen LogP contribution >= 0.6 is 0 Å². The van der Waals surface area contributed by atoms with Crippen molar-refractivity contribution in [3.8, 4) is 33.8 Å². The van der Waals surface area contributed by atoms with Crippen LogP contribution < -0.4 is 15.4 Å². The number of likely N-dealkylation sites (tertiary alicyclic amines) is 1. The van der Waals surface area contributed by atoms with Gasteiger partial charge in [-0.15, -0.1) is 0 Å². The smallest absolute Gasteiger partial charge is 0.261 e. The molecular formula is C42H41FN6O4. The normalized spacial score (nSPS) is 13.3. The molecule has 0 bridgehead atoms. The van der Waals surface area contributed by atoms with Crippen molar-refractivity contribution in [2.75, 3.05) is 30.8 Å². The standard InChI is InChI=1S/C42H41FN6O4/c1-26(2)42(52)48-19-16-30(17-20-48)37-22-34(38-40(45-18-21-49(37)38)46-23-27-4-14-33(53-3)15-5-27)28-8-12-32(13-9-28)47-41(51)36-25-44-24-35(39(36)50)29-6-10-31(43)11-7-29/h4-15,18,21-22,24-26,30H,16-17,19-20,23H2,1-3H3,(H,44,50)(H,45,46)(H,47,51). The summed E-state index contributed by atoms with van der Waals surface area (Å²) in [5.74, 6) is 0.765. The van der Waals surface area contributed by atoms with Gasteiger partial charge in [-0.05, 0) is 72.0 Å². The minimum Gasteiger partial charge on any atom is -0.506 e. The van der Waals surface area contributed by atoms with Gasteiger partial charge in [-0.25, -0.2) is 9.37 Å². The first-order valence-corrected chi connectivity index (χ1v) is 17.7. The van der Waals surface area contributed by atoms with Gasteiger partial charge in [0.1, 0.15) is 22.9 Å². The maximum Gasteiger partial charge on any atom is 0.261 e. The molecule has 0 radical (unpaired) electrons. The van der Waals surface area contributed by atoms with Gasteiger partial charge >= 0.3 is 0 Å². The number of ether oxygens (including phenoxy) is 1. The topological polar surface area (TPSA) is 121 Å². The number of nitrogens with one attached hydrogen (secondary N) is 2. The Bertz CT molecular complexity index is 2240. The number of pyridine rings is 1. The van der Waals surface area contributed by atoms with E-state index in [1.54, 1.807) is 7.11 Å². The number of piperidine rings is 1. The zero-order valence-corrected chi connectivity index (χ0v) is 29.8. The minimum absolute atomic E-state index is 0.00114. The van der Waals surface area contributed by atoms with E-state index in [1.165, 1.54) is 36.7 Å². The van der Waals surface area contributed by atoms with E-state index in [0.29, 0.717) is 36.4 Å². The maximum atomic E-state index is 13.5. The SMILES string of the molecule is COc1ccc(CNc2nccn3c(C4CCN(C(=O)C(C)C)CC4)cc(-c4ccc(NC(=O)c5cncc(-c6ccc(F)cc6)c5O)cc4)c23)cc1. The lowest BCUT2D eigenvalue weighted by Gasteiger charge is -2.33. The number of rotatable bonds is 10. The van der Waals surface area contributed by atoms with Gasteiger partial charge in [0.2, 0.25) is 5.91 Å². The summed E-state index contributed by atoms with van der Waals surface area (Å²) in [7, 11) is 1.65. The summed E-state index contributed by atoms with van der Waals surface area (Å²) in [5.41, 5.74) is 6.48. The Balaban J connectivity index is 1.17. The van der Waals surface area contributed by atoms with Gasteiger partial charge in [0, 0.05) is 78.8 Å². The van der Waals surface area contributed by atoms with E-state index >= 15 is 0 Å². The third kappa shape index (κ3) is 7.41. The lowest BCUT2D eigenvalue weighted by Crippen LogP contribution is -2.40. The lowest BCUT2D eigenvalue weighted by atomic mass is 9.92. The van der Waals surface area contributed by atoms with Crippen LogP contribution in [0.1, 0.15) is 54.2 Å². The number of fused-ring (bicyclic) bond motifs is 1. The average Bonchev–Trinajstić information content (AvgIpc) is 3.58. The van der Waals surface area contributed by atoms with Crippen molar-refractivity contribution in [1.82, 2.24) is 19.3 Å². The van der Waals surface area contributed by atoms with Crippen molar-refractivity contribution in [2.24, 2.45) is 5.92 Å². The van der Waals surface area contributed by atoms with Gasteiger partial charge in [0.05, 0.1) is 12.6 Å². The van der Waals surface area contributed by atoms with E-state index in [9.17, 15) is 19.1 Å². The number of carbonyl (C=O) groups is 2. The molecule has 1 fully saturated rings. The fourth-order valence-electron chi connectivity index (χ4n) is 6.93. The Morgan fingerprint density at radius 2 is 1.62 bits per heavy atom. The first kappa shape index (κ1) is 35.2. The molecular weight excluding hydrogens is 671 g/mol. The van der Waals surface area contributed by atoms with Crippen molar-refractivity contribution < 1.29 is 23.8 Å². The van der Waals surface area contributed by atoms with Crippen LogP contribution in [0.2, 0.25) is 0 Å². The molecule has 7 rings (SSSR count). The van der Waals surface area contributed by atoms with Crippen LogP contribution in [0, 0.1) is 11.7 Å². The lowest BCUT2D eigenvalue weighted by molar-refractivity contribution is -0.135. The molecule has 0 aliphatic carbocycles. The second kappa shape index (κ2) is 15.2. The summed E-state index contributed by atoms with van der Waals surface area (Å²) in [6.07, 6.45) is 8.26. The molecule has 0 unspecified atom stereocenters. The quantitative estimate of drug-likeness (QED) is 0.131. The number of anilines is 2. The van der Waals surface area contributed by atoms with Crippen LogP contribution in [0.15, 0.2) is 104 Å². The highest BCUT2D eigenvalue weighted by Crippen LogP contribution is 2.39. The van der Waals surface area contributed by atoms with Crippen LogP contribution in [0.4, 0.5) is 15.9 Å². The fraction of sp³-hybridized carbons (Fsp3) is 0.238. The number of methoxy groups -OCH3 is 1. The summed E-state index contributed by atoms with van der Waals surface area (Å²) in [6.45, 7) is 5.87. The summed E-state index contributed by atoms with van der Waals surface area (Å²) < 4.78 is 21.0. The number of hydrogen-bond donors (Lipinski definition) is 3. The fourth-order valence-corrected chi connectivity index (χ4v) is 6.93. The molecule has 4 heterocycles. The van der Waals surface area contributed by atoms with Gasteiger partial charge in [-0.3, -0.25) is 14.6 Å². The van der Waals surface area contributed by atoms with E-state index in [2.05, 4.69) is 26.1 Å². The molecule has 3 aromatic heterocycles. The van der Waals surface area contributed by atoms with E-state index in [0.717, 1.165) is 52.3 Å². The third-order valence-electron chi connectivity index (χ3n) is 9.82. The van der Waals surface area contributed by atoms with E-state index in [4.69, 9.17) is 9.72 Å². The molecule has 11 heteroatoms. The highest BCUT2D eigenvalue weighted by Gasteiger charge is 2.28. The Morgan fingerprint density at radius 1 is 0.943 bits per heavy atom. The molecule has 10 nitrogen and oxygen atoms in total. The highest BCUT2D eigenvalue weighted by molar-refractivity contribution is 6.07. The molecule has 53 heavy (non-hydrogen) atoms. The van der Waals surface area contributed by atoms with Crippen molar-refractivity contribution in [1.29, 1.82) is 0 Å². The van der Waals surface area contributed by atoms with Crippen LogP contribution in [-0.4, -0.2) is 56.4 Å². The minimum atomic E-state index is -0.528. The molecule has 6 aromatic rings. The summed E-state index contributed by atoms with van der Waals surface area (Å²) >= 11 is 0. The first-order chi connectivity index (χ1) is 25.7. The number of hydrogen-bond acceptors (Lipinski definition) is 7. The van der Waals surface area contributed by atoms with Crippen molar-refractivity contribution in [3.05, 3.63) is 126 Å². The van der Waals surface area contributed by atoms with Crippen molar-refractivity contribution in [2.45, 2.75) is 39.2 Å². The van der Waals surface area contributed by atoms with Crippen LogP contribution in [0.5, 0.6) is 11.5 Å². The molecule has 0 saturated carbocycles. The van der Waals surface area contributed by atoms with Gasteiger partial charge in [-0.1, -0.05) is 50.2 Å². The van der Waals surface area contributed by atoms with Gasteiger partial charge < -0.3 is 29.8 Å². The largest absolute Gasteiger partial charge is 0.506 e. The van der Waals surface area contributed by atoms with E-state index < -0.39 is 11.7 Å². The molecule has 0 atom stereocenters. The Labute approximate surface area is 307 Å². The number of nitrogens with zero attached hydrogens (tertiary/aromatic N) is 4. The number of aromatic nitrogens is 3. The molecule has 1 saturated heterocycles. The monoisotopic (exact) mass is 712 g/mol. The molecule has 0 spiro atoms. The predicted molar refractivity (Wildman–Crippen MR) is 204 cm³/mol. The molecule has 1 aliphatic heterocycles. The van der Waals surface area contributed by atoms with E-state index in [-0.39, 0.29) is 29.1 Å². The Kier molecular flexibility index (Phi) is 10.1. The van der Waals surface area contributed by atoms with Crippen LogP contribution in [0.25, 0.3) is 27.8 Å². The molecule has 1 aliphatic rings. The molecule has 3 aromatic carbocycles. The van der Waals surface area contributed by atoms with E-state index in [1.807, 2.05) is 79.7 Å². The summed E-state index contributed by atoms with van der Waals surface area (Å²) in [5, 5.41) is 17.4. The van der Waals surface area contributed by atoms with Crippen LogP contribution in [0.3, 0.4) is 0 Å². The number of benzene rings is 3. The van der Waals surface area contributed by atoms with Crippen molar-refractivity contribution >= 4 is 28.8 Å². The Morgan fingerprint density at radius 3 is 2.30 bits per heavy atom. The summed E-state index contributed by atoms with van der Waals surface area (Å²) in [4.78, 5) is 37.0. The average molecular weight is 713 g/mol. The third-order valence-corrected chi connectivity index (χ3v) is 9.82. The number of halogens is 1. The predicted octanol–water partition coefficient (Wildman–Crippen LogP) is 8.14. The van der Waals surface area contributed by atoms with Gasteiger partial charge in [-0.2, -0.15) is 0 Å². The molecule has 2 amide bonds. The Hall–Kier alpha value is -6.23. The molecule has 3 N–H and O–H groups in total. The maximum absolute atomic E-state index is 13.5.